The number of hydrogen-bond acceptors (Lipinski definition) is 3. The van der Waals surface area contributed by atoms with Crippen LogP contribution in [-0.2, 0) is 16.0 Å². The van der Waals surface area contributed by atoms with Crippen molar-refractivity contribution in [3.8, 4) is 0 Å². The molecule has 0 N–H and O–H groups in total. The van der Waals surface area contributed by atoms with Gasteiger partial charge in [-0.15, -0.1) is 0 Å². The normalized spacial score (nSPS) is 17.7. The summed E-state index contributed by atoms with van der Waals surface area (Å²) in [5, 5.41) is 0.671. The minimum Gasteiger partial charge on any atom is -0.343 e. The summed E-state index contributed by atoms with van der Waals surface area (Å²) in [7, 11) is 0. The Morgan fingerprint density at radius 2 is 1.68 bits per heavy atom. The average Bonchev–Trinajstić information content (AvgIpc) is 2.90. The lowest BCUT2D eigenvalue weighted by Crippen LogP contribution is -2.45. The first-order valence-electron chi connectivity index (χ1n) is 13.6. The van der Waals surface area contributed by atoms with Crippen molar-refractivity contribution in [2.75, 3.05) is 44.2 Å². The number of hydrogen-bond donors (Lipinski definition) is 0. The van der Waals surface area contributed by atoms with Crippen molar-refractivity contribution < 1.29 is 14.0 Å². The molecule has 200 valence electrons. The molecule has 0 saturated carbocycles. The van der Waals surface area contributed by atoms with Crippen LogP contribution in [0.3, 0.4) is 0 Å². The van der Waals surface area contributed by atoms with Gasteiger partial charge in [0.25, 0.3) is 0 Å². The Bertz CT molecular complexity index is 1060. The van der Waals surface area contributed by atoms with Crippen LogP contribution < -0.4 is 4.90 Å². The monoisotopic (exact) mass is 527 g/mol. The number of amides is 2. The van der Waals surface area contributed by atoms with Gasteiger partial charge in [0.15, 0.2) is 0 Å². The minimum atomic E-state index is -0.180. The molecule has 0 spiro atoms. The number of halogens is 2. The number of rotatable bonds is 8. The first-order chi connectivity index (χ1) is 17.8. The Kier molecular flexibility index (Phi) is 9.60. The lowest BCUT2D eigenvalue weighted by atomic mass is 9.90. The highest BCUT2D eigenvalue weighted by molar-refractivity contribution is 6.31. The first kappa shape index (κ1) is 27.6. The van der Waals surface area contributed by atoms with Crippen LogP contribution in [0.5, 0.6) is 0 Å². The number of carbonyl (C=O) groups excluding carboxylic acids is 2. The van der Waals surface area contributed by atoms with Gasteiger partial charge in [0, 0.05) is 43.2 Å². The lowest BCUT2D eigenvalue weighted by Gasteiger charge is -2.35. The molecule has 0 bridgehead atoms. The van der Waals surface area contributed by atoms with Crippen LogP contribution in [0, 0.1) is 24.6 Å². The van der Waals surface area contributed by atoms with E-state index in [1.165, 1.54) is 5.56 Å². The molecule has 0 aromatic heterocycles. The Morgan fingerprint density at radius 1 is 1.00 bits per heavy atom. The lowest BCUT2D eigenvalue weighted by molar-refractivity contribution is -0.133. The van der Waals surface area contributed by atoms with E-state index in [4.69, 9.17) is 11.6 Å². The molecule has 0 aliphatic carbocycles. The summed E-state index contributed by atoms with van der Waals surface area (Å²) in [5.74, 6) is 0.601. The number of piperidine rings is 2. The summed E-state index contributed by atoms with van der Waals surface area (Å²) in [6.45, 7) is 8.56. The number of anilines is 1. The van der Waals surface area contributed by atoms with E-state index in [1.807, 2.05) is 47.1 Å². The van der Waals surface area contributed by atoms with Gasteiger partial charge in [0.1, 0.15) is 5.82 Å². The van der Waals surface area contributed by atoms with Crippen molar-refractivity contribution >= 4 is 29.1 Å². The van der Waals surface area contributed by atoms with Gasteiger partial charge in [-0.25, -0.2) is 4.39 Å². The zero-order chi connectivity index (χ0) is 26.4. The molecular formula is C30H39ClFN3O2. The van der Waals surface area contributed by atoms with Crippen LogP contribution in [0.1, 0.15) is 50.2 Å². The molecule has 0 unspecified atom stereocenters. The number of carbonyl (C=O) groups is 2. The van der Waals surface area contributed by atoms with E-state index >= 15 is 0 Å². The van der Waals surface area contributed by atoms with Crippen LogP contribution in [0.15, 0.2) is 42.5 Å². The van der Waals surface area contributed by atoms with Crippen LogP contribution in [0.4, 0.5) is 10.1 Å². The molecule has 7 heteroatoms. The van der Waals surface area contributed by atoms with E-state index in [2.05, 4.69) is 4.90 Å². The molecule has 2 aromatic carbocycles. The molecule has 0 atom stereocenters. The van der Waals surface area contributed by atoms with E-state index in [0.29, 0.717) is 43.4 Å². The van der Waals surface area contributed by atoms with E-state index in [0.717, 1.165) is 56.6 Å². The maximum Gasteiger partial charge on any atom is 0.230 e. The van der Waals surface area contributed by atoms with E-state index in [-0.39, 0.29) is 23.5 Å². The van der Waals surface area contributed by atoms with Gasteiger partial charge in [0.05, 0.1) is 0 Å². The zero-order valence-corrected chi connectivity index (χ0v) is 22.9. The molecule has 2 heterocycles. The van der Waals surface area contributed by atoms with Crippen LogP contribution >= 0.6 is 11.6 Å². The Hall–Kier alpha value is -2.44. The molecule has 5 nitrogen and oxygen atoms in total. The third kappa shape index (κ3) is 7.55. The maximum absolute atomic E-state index is 13.6. The summed E-state index contributed by atoms with van der Waals surface area (Å²) in [6, 6.07) is 12.8. The van der Waals surface area contributed by atoms with Crippen molar-refractivity contribution in [2.45, 2.75) is 52.4 Å². The maximum atomic E-state index is 13.6. The third-order valence-corrected chi connectivity index (χ3v) is 8.43. The highest BCUT2D eigenvalue weighted by Crippen LogP contribution is 2.28. The van der Waals surface area contributed by atoms with Crippen molar-refractivity contribution in [2.24, 2.45) is 11.8 Å². The van der Waals surface area contributed by atoms with E-state index in [9.17, 15) is 14.0 Å². The third-order valence-electron chi connectivity index (χ3n) is 8.02. The largest absolute Gasteiger partial charge is 0.343 e. The molecular weight excluding hydrogens is 489 g/mol. The highest BCUT2D eigenvalue weighted by Gasteiger charge is 2.30. The van der Waals surface area contributed by atoms with Gasteiger partial charge < -0.3 is 14.7 Å². The fourth-order valence-electron chi connectivity index (χ4n) is 5.60. The van der Waals surface area contributed by atoms with Gasteiger partial charge in [0.2, 0.25) is 11.8 Å². The number of nitrogens with zero attached hydrogens (tertiary/aromatic N) is 3. The summed E-state index contributed by atoms with van der Waals surface area (Å²) >= 11 is 6.43. The van der Waals surface area contributed by atoms with Crippen LogP contribution in [0.25, 0.3) is 0 Å². The fourth-order valence-corrected chi connectivity index (χ4v) is 5.77. The molecule has 2 fully saturated rings. The summed E-state index contributed by atoms with van der Waals surface area (Å²) in [6.07, 6.45) is 5.59. The molecule has 2 aliphatic rings. The van der Waals surface area contributed by atoms with Crippen LogP contribution in [0.2, 0.25) is 5.02 Å². The average molecular weight is 528 g/mol. The Labute approximate surface area is 225 Å². The molecule has 2 saturated heterocycles. The highest BCUT2D eigenvalue weighted by atomic mass is 35.5. The summed E-state index contributed by atoms with van der Waals surface area (Å²) < 4.78 is 13.2. The second kappa shape index (κ2) is 12.9. The summed E-state index contributed by atoms with van der Waals surface area (Å²) in [5.41, 5.74) is 3.06. The van der Waals surface area contributed by atoms with Gasteiger partial charge >= 0.3 is 0 Å². The second-order valence-electron chi connectivity index (χ2n) is 10.7. The molecule has 2 aromatic rings. The quantitative estimate of drug-likeness (QED) is 0.441. The van der Waals surface area contributed by atoms with Crippen molar-refractivity contribution in [3.05, 3.63) is 64.4 Å². The van der Waals surface area contributed by atoms with Gasteiger partial charge in [-0.1, -0.05) is 29.8 Å². The predicted octanol–water partition coefficient (Wildman–Crippen LogP) is 5.72. The van der Waals surface area contributed by atoms with Gasteiger partial charge in [-0.05, 0) is 106 Å². The van der Waals surface area contributed by atoms with Crippen molar-refractivity contribution in [3.63, 3.8) is 0 Å². The molecule has 0 radical (unpaired) electrons. The van der Waals surface area contributed by atoms with Crippen molar-refractivity contribution in [1.82, 2.24) is 9.80 Å². The predicted molar refractivity (Wildman–Crippen MR) is 147 cm³/mol. The van der Waals surface area contributed by atoms with Crippen LogP contribution in [-0.4, -0.2) is 60.9 Å². The number of benzene rings is 2. The van der Waals surface area contributed by atoms with Gasteiger partial charge in [-0.2, -0.15) is 0 Å². The van der Waals surface area contributed by atoms with Crippen molar-refractivity contribution in [1.29, 1.82) is 0 Å². The van der Waals surface area contributed by atoms with E-state index < -0.39 is 0 Å². The molecule has 2 aliphatic heterocycles. The minimum absolute atomic E-state index is 0.0714. The van der Waals surface area contributed by atoms with Gasteiger partial charge in [-0.3, -0.25) is 9.59 Å². The Balaban J connectivity index is 1.31. The standard InChI is InChI=1S/C30H39ClFN3O2/c1-22-4-9-28(21-29(22)31)35(30(37)26-12-18-34(19-13-26)23(2)36)15-3-14-33-16-10-25(11-17-33)20-24-5-7-27(32)8-6-24/h4-9,21,25-26H,3,10-20H2,1-2H3. The summed E-state index contributed by atoms with van der Waals surface area (Å²) in [4.78, 5) is 31.6. The molecule has 37 heavy (non-hydrogen) atoms. The first-order valence-corrected chi connectivity index (χ1v) is 14.0. The molecule has 2 amide bonds. The van der Waals surface area contributed by atoms with E-state index in [1.54, 1.807) is 19.1 Å². The molecule has 4 rings (SSSR count). The Morgan fingerprint density at radius 3 is 2.30 bits per heavy atom. The second-order valence-corrected chi connectivity index (χ2v) is 11.1. The fraction of sp³-hybridized carbons (Fsp3) is 0.533. The smallest absolute Gasteiger partial charge is 0.230 e. The SMILES string of the molecule is CC(=O)N1CCC(C(=O)N(CCCN2CCC(Cc3ccc(F)cc3)CC2)c2ccc(C)c(Cl)c2)CC1. The topological polar surface area (TPSA) is 43.9 Å². The number of likely N-dealkylation sites (tertiary alicyclic amines) is 2. The zero-order valence-electron chi connectivity index (χ0n) is 22.1. The number of aryl methyl sites for hydroxylation is 1.